The summed E-state index contributed by atoms with van der Waals surface area (Å²) in [7, 11) is 0. The molecule has 1 atom stereocenters. The zero-order chi connectivity index (χ0) is 15.6. The molecule has 3 heterocycles. The number of aryl methyl sites for hydroxylation is 1. The highest BCUT2D eigenvalue weighted by Crippen LogP contribution is 2.30. The van der Waals surface area contributed by atoms with Crippen molar-refractivity contribution in [2.45, 2.75) is 31.6 Å². The number of fused-ring (bicyclic) bond motifs is 1. The molecule has 1 fully saturated rings. The molecule has 120 valence electrons. The first-order valence-corrected chi connectivity index (χ1v) is 8.47. The number of para-hydroxylation sites is 1. The predicted octanol–water partition coefficient (Wildman–Crippen LogP) is 2.79. The van der Waals surface area contributed by atoms with Gasteiger partial charge in [0.15, 0.2) is 0 Å². The molecule has 2 N–H and O–H groups in total. The van der Waals surface area contributed by atoms with Gasteiger partial charge in [-0.15, -0.1) is 0 Å². The molecule has 0 radical (unpaired) electrons. The van der Waals surface area contributed by atoms with Gasteiger partial charge in [-0.2, -0.15) is 5.10 Å². The van der Waals surface area contributed by atoms with Crippen molar-refractivity contribution in [3.05, 3.63) is 47.3 Å². The van der Waals surface area contributed by atoms with Gasteiger partial charge in [0.1, 0.15) is 0 Å². The Morgan fingerprint density at radius 2 is 2.22 bits per heavy atom. The van der Waals surface area contributed by atoms with Crippen LogP contribution < -0.4 is 5.32 Å². The third kappa shape index (κ3) is 2.71. The maximum absolute atomic E-state index is 13.0. The highest BCUT2D eigenvalue weighted by atomic mass is 16.2. The maximum atomic E-state index is 13.0. The standard InChI is InChI=1S/C18H22N4O/c23-18(15-7-1-4-13-5-2-9-19-17(13)15)22-11-3-6-14(12-22)16-8-10-20-21-16/h1,4,7-8,10,14,19H,2-3,5-6,9,11-12H2,(H,20,21). The van der Waals surface area contributed by atoms with Gasteiger partial charge in [0.25, 0.3) is 5.91 Å². The van der Waals surface area contributed by atoms with Gasteiger partial charge in [-0.05, 0) is 43.4 Å². The second-order valence-electron chi connectivity index (χ2n) is 6.47. The number of rotatable bonds is 2. The summed E-state index contributed by atoms with van der Waals surface area (Å²) in [6, 6.07) is 8.11. The summed E-state index contributed by atoms with van der Waals surface area (Å²) < 4.78 is 0. The minimum atomic E-state index is 0.153. The van der Waals surface area contributed by atoms with E-state index in [1.807, 2.05) is 23.1 Å². The van der Waals surface area contributed by atoms with E-state index in [9.17, 15) is 4.79 Å². The normalized spacial score (nSPS) is 20.7. The minimum Gasteiger partial charge on any atom is -0.384 e. The van der Waals surface area contributed by atoms with Gasteiger partial charge in [0.2, 0.25) is 0 Å². The number of H-pyrrole nitrogens is 1. The summed E-state index contributed by atoms with van der Waals surface area (Å²) in [6.45, 7) is 2.56. The molecule has 23 heavy (non-hydrogen) atoms. The number of nitrogens with one attached hydrogen (secondary N) is 2. The fraction of sp³-hybridized carbons (Fsp3) is 0.444. The minimum absolute atomic E-state index is 0.153. The van der Waals surface area contributed by atoms with Crippen LogP contribution in [0.4, 0.5) is 5.69 Å². The van der Waals surface area contributed by atoms with Crippen molar-refractivity contribution in [2.75, 3.05) is 25.0 Å². The Morgan fingerprint density at radius 1 is 1.26 bits per heavy atom. The van der Waals surface area contributed by atoms with Crippen molar-refractivity contribution in [3.63, 3.8) is 0 Å². The SMILES string of the molecule is O=C(c1cccc2c1NCCC2)N1CCCC(c2ccn[nH]2)C1. The average Bonchev–Trinajstić information content (AvgIpc) is 3.15. The summed E-state index contributed by atoms with van der Waals surface area (Å²) >= 11 is 0. The fourth-order valence-electron chi connectivity index (χ4n) is 3.77. The number of amides is 1. The van der Waals surface area contributed by atoms with Crippen LogP contribution >= 0.6 is 0 Å². The maximum Gasteiger partial charge on any atom is 0.255 e. The van der Waals surface area contributed by atoms with E-state index in [1.165, 1.54) is 5.56 Å². The van der Waals surface area contributed by atoms with Gasteiger partial charge < -0.3 is 10.2 Å². The van der Waals surface area contributed by atoms with E-state index < -0.39 is 0 Å². The van der Waals surface area contributed by atoms with E-state index in [-0.39, 0.29) is 5.91 Å². The van der Waals surface area contributed by atoms with Gasteiger partial charge in [0.05, 0.1) is 11.3 Å². The monoisotopic (exact) mass is 310 g/mol. The van der Waals surface area contributed by atoms with E-state index in [2.05, 4.69) is 21.6 Å². The van der Waals surface area contributed by atoms with Crippen LogP contribution in [0.15, 0.2) is 30.5 Å². The Hall–Kier alpha value is -2.30. The molecule has 2 aliphatic heterocycles. The van der Waals surface area contributed by atoms with Crippen molar-refractivity contribution >= 4 is 11.6 Å². The molecule has 0 bridgehead atoms. The van der Waals surface area contributed by atoms with Crippen LogP contribution in [0, 0.1) is 0 Å². The number of hydrogen-bond acceptors (Lipinski definition) is 3. The van der Waals surface area contributed by atoms with Crippen LogP contribution in [-0.4, -0.2) is 40.6 Å². The number of anilines is 1. The van der Waals surface area contributed by atoms with Crippen LogP contribution in [0.25, 0.3) is 0 Å². The van der Waals surface area contributed by atoms with Crippen LogP contribution in [0.5, 0.6) is 0 Å². The van der Waals surface area contributed by atoms with Crippen molar-refractivity contribution in [3.8, 4) is 0 Å². The molecule has 4 rings (SSSR count). The molecule has 0 aliphatic carbocycles. The molecule has 0 spiro atoms. The lowest BCUT2D eigenvalue weighted by Crippen LogP contribution is -2.39. The van der Waals surface area contributed by atoms with Gasteiger partial charge >= 0.3 is 0 Å². The molecule has 1 aromatic heterocycles. The van der Waals surface area contributed by atoms with Crippen molar-refractivity contribution < 1.29 is 4.79 Å². The summed E-state index contributed by atoms with van der Waals surface area (Å²) in [5.41, 5.74) is 4.28. The Morgan fingerprint density at radius 3 is 3.09 bits per heavy atom. The lowest BCUT2D eigenvalue weighted by molar-refractivity contribution is 0.0706. The van der Waals surface area contributed by atoms with E-state index in [0.29, 0.717) is 5.92 Å². The summed E-state index contributed by atoms with van der Waals surface area (Å²) in [4.78, 5) is 15.0. The number of carbonyl (C=O) groups is 1. The molecule has 1 aromatic carbocycles. The highest BCUT2D eigenvalue weighted by Gasteiger charge is 2.28. The molecule has 2 aliphatic rings. The molecule has 1 amide bonds. The molecule has 5 heteroatoms. The third-order valence-electron chi connectivity index (χ3n) is 4.98. The Labute approximate surface area is 136 Å². The Kier molecular flexibility index (Phi) is 3.77. The van der Waals surface area contributed by atoms with Crippen molar-refractivity contribution in [2.24, 2.45) is 0 Å². The number of benzene rings is 1. The first-order valence-electron chi connectivity index (χ1n) is 8.47. The van der Waals surface area contributed by atoms with Gasteiger partial charge in [-0.3, -0.25) is 9.89 Å². The molecular formula is C18H22N4O. The van der Waals surface area contributed by atoms with Crippen molar-refractivity contribution in [1.29, 1.82) is 0 Å². The molecule has 2 aromatic rings. The number of piperidine rings is 1. The lowest BCUT2D eigenvalue weighted by Gasteiger charge is -2.33. The summed E-state index contributed by atoms with van der Waals surface area (Å²) in [6.07, 6.45) is 6.12. The number of likely N-dealkylation sites (tertiary alicyclic amines) is 1. The summed E-state index contributed by atoms with van der Waals surface area (Å²) in [5, 5.41) is 10.5. The second kappa shape index (κ2) is 6.07. The van der Waals surface area contributed by atoms with E-state index in [4.69, 9.17) is 0 Å². The zero-order valence-corrected chi connectivity index (χ0v) is 13.2. The summed E-state index contributed by atoms with van der Waals surface area (Å²) in [5.74, 6) is 0.517. The van der Waals surface area contributed by atoms with Crippen LogP contribution in [-0.2, 0) is 6.42 Å². The molecule has 5 nitrogen and oxygen atoms in total. The topological polar surface area (TPSA) is 61.0 Å². The number of carbonyl (C=O) groups excluding carboxylic acids is 1. The quantitative estimate of drug-likeness (QED) is 0.896. The predicted molar refractivity (Wildman–Crippen MR) is 89.7 cm³/mol. The van der Waals surface area contributed by atoms with Crippen LogP contribution in [0.3, 0.4) is 0 Å². The molecule has 1 unspecified atom stereocenters. The Bertz CT molecular complexity index is 695. The van der Waals surface area contributed by atoms with E-state index in [0.717, 1.165) is 62.3 Å². The van der Waals surface area contributed by atoms with E-state index >= 15 is 0 Å². The first-order chi connectivity index (χ1) is 11.3. The molecular weight excluding hydrogens is 288 g/mol. The Balaban J connectivity index is 1.57. The second-order valence-corrected chi connectivity index (χ2v) is 6.47. The van der Waals surface area contributed by atoms with Crippen molar-refractivity contribution in [1.82, 2.24) is 15.1 Å². The van der Waals surface area contributed by atoms with Crippen LogP contribution in [0.1, 0.15) is 46.8 Å². The number of hydrogen-bond donors (Lipinski definition) is 2. The largest absolute Gasteiger partial charge is 0.384 e. The zero-order valence-electron chi connectivity index (χ0n) is 13.2. The number of nitrogens with zero attached hydrogens (tertiary/aromatic N) is 2. The highest BCUT2D eigenvalue weighted by molar-refractivity contribution is 6.00. The lowest BCUT2D eigenvalue weighted by atomic mass is 9.93. The van der Waals surface area contributed by atoms with Gasteiger partial charge in [-0.1, -0.05) is 12.1 Å². The van der Waals surface area contributed by atoms with Crippen LogP contribution in [0.2, 0.25) is 0 Å². The molecule has 0 saturated carbocycles. The number of aromatic amines is 1. The van der Waals surface area contributed by atoms with E-state index in [1.54, 1.807) is 6.20 Å². The van der Waals surface area contributed by atoms with Gasteiger partial charge in [0, 0.05) is 37.4 Å². The smallest absolute Gasteiger partial charge is 0.255 e. The third-order valence-corrected chi connectivity index (χ3v) is 4.98. The first kappa shape index (κ1) is 14.3. The van der Waals surface area contributed by atoms with Gasteiger partial charge in [-0.25, -0.2) is 0 Å². The molecule has 1 saturated heterocycles. The number of aromatic nitrogens is 2. The average molecular weight is 310 g/mol. The fourth-order valence-corrected chi connectivity index (χ4v) is 3.77.